The standard InChI is InChI=1S/C12H12F2O2/c1-7-2-3-10-9(4-7)12(15)8(6-16-10)5-11(13)14/h2-4,8,11H,5-6H2,1H3. The topological polar surface area (TPSA) is 26.3 Å². The SMILES string of the molecule is Cc1ccc2c(c1)C(=O)C(CC(F)F)CO2. The van der Waals surface area contributed by atoms with E-state index in [9.17, 15) is 13.6 Å². The number of halogens is 2. The first kappa shape index (κ1) is 11.0. The van der Waals surface area contributed by atoms with Crippen LogP contribution in [0.25, 0.3) is 0 Å². The Balaban J connectivity index is 2.27. The molecule has 0 fully saturated rings. The fourth-order valence-corrected chi connectivity index (χ4v) is 1.84. The second-order valence-corrected chi connectivity index (χ2v) is 4.00. The number of hydrogen-bond donors (Lipinski definition) is 0. The van der Waals surface area contributed by atoms with Gasteiger partial charge in [0.15, 0.2) is 5.78 Å². The van der Waals surface area contributed by atoms with E-state index in [0.29, 0.717) is 11.3 Å². The lowest BCUT2D eigenvalue weighted by atomic mass is 9.92. The van der Waals surface area contributed by atoms with E-state index in [4.69, 9.17) is 4.74 Å². The van der Waals surface area contributed by atoms with Crippen LogP contribution in [0.15, 0.2) is 18.2 Å². The molecule has 1 aromatic rings. The van der Waals surface area contributed by atoms with Gasteiger partial charge in [-0.15, -0.1) is 0 Å². The van der Waals surface area contributed by atoms with Gasteiger partial charge in [-0.25, -0.2) is 8.78 Å². The van der Waals surface area contributed by atoms with Crippen LogP contribution in [0, 0.1) is 12.8 Å². The van der Waals surface area contributed by atoms with Crippen molar-refractivity contribution in [3.63, 3.8) is 0 Å². The molecular formula is C12H12F2O2. The van der Waals surface area contributed by atoms with Gasteiger partial charge in [-0.1, -0.05) is 11.6 Å². The average molecular weight is 226 g/mol. The number of benzene rings is 1. The van der Waals surface area contributed by atoms with Crippen molar-refractivity contribution in [3.8, 4) is 5.75 Å². The highest BCUT2D eigenvalue weighted by atomic mass is 19.3. The van der Waals surface area contributed by atoms with E-state index in [-0.39, 0.29) is 12.4 Å². The summed E-state index contributed by atoms with van der Waals surface area (Å²) in [5.74, 6) is -0.444. The van der Waals surface area contributed by atoms with E-state index in [1.54, 1.807) is 12.1 Å². The average Bonchev–Trinajstić information content (AvgIpc) is 2.22. The first-order valence-electron chi connectivity index (χ1n) is 5.13. The fraction of sp³-hybridized carbons (Fsp3) is 0.417. The maximum Gasteiger partial charge on any atom is 0.239 e. The van der Waals surface area contributed by atoms with Gasteiger partial charge in [-0.05, 0) is 19.1 Å². The molecule has 2 rings (SSSR count). The predicted molar refractivity (Wildman–Crippen MR) is 55.1 cm³/mol. The van der Waals surface area contributed by atoms with Crippen molar-refractivity contribution in [2.45, 2.75) is 19.8 Å². The monoisotopic (exact) mass is 226 g/mol. The van der Waals surface area contributed by atoms with Crippen LogP contribution in [0.4, 0.5) is 8.78 Å². The Bertz CT molecular complexity index is 415. The van der Waals surface area contributed by atoms with Gasteiger partial charge in [0.1, 0.15) is 5.75 Å². The fourth-order valence-electron chi connectivity index (χ4n) is 1.84. The van der Waals surface area contributed by atoms with Crippen LogP contribution >= 0.6 is 0 Å². The number of fused-ring (bicyclic) bond motifs is 1. The Morgan fingerprint density at radius 3 is 2.94 bits per heavy atom. The summed E-state index contributed by atoms with van der Waals surface area (Å²) in [5, 5.41) is 0. The van der Waals surface area contributed by atoms with Crippen molar-refractivity contribution in [1.82, 2.24) is 0 Å². The van der Waals surface area contributed by atoms with Crippen LogP contribution in [0.2, 0.25) is 0 Å². The van der Waals surface area contributed by atoms with Crippen LogP contribution in [-0.2, 0) is 0 Å². The number of alkyl halides is 2. The third kappa shape index (κ3) is 2.05. The molecule has 1 aliphatic rings. The van der Waals surface area contributed by atoms with Gasteiger partial charge in [0.25, 0.3) is 0 Å². The number of carbonyl (C=O) groups excluding carboxylic acids is 1. The van der Waals surface area contributed by atoms with Crippen molar-refractivity contribution >= 4 is 5.78 Å². The highest BCUT2D eigenvalue weighted by Crippen LogP contribution is 2.30. The largest absolute Gasteiger partial charge is 0.492 e. The van der Waals surface area contributed by atoms with E-state index in [2.05, 4.69) is 0 Å². The van der Waals surface area contributed by atoms with Crippen LogP contribution in [0.3, 0.4) is 0 Å². The van der Waals surface area contributed by atoms with Gasteiger partial charge in [-0.3, -0.25) is 4.79 Å². The minimum Gasteiger partial charge on any atom is -0.492 e. The van der Waals surface area contributed by atoms with Crippen molar-refractivity contribution in [2.24, 2.45) is 5.92 Å². The van der Waals surface area contributed by atoms with E-state index in [1.165, 1.54) is 0 Å². The molecule has 0 radical (unpaired) electrons. The lowest BCUT2D eigenvalue weighted by Crippen LogP contribution is -2.29. The summed E-state index contributed by atoms with van der Waals surface area (Å²) >= 11 is 0. The Hall–Kier alpha value is -1.45. The molecule has 0 N–H and O–H groups in total. The highest BCUT2D eigenvalue weighted by Gasteiger charge is 2.30. The molecule has 1 aromatic carbocycles. The third-order valence-corrected chi connectivity index (χ3v) is 2.67. The van der Waals surface area contributed by atoms with Crippen molar-refractivity contribution in [1.29, 1.82) is 0 Å². The van der Waals surface area contributed by atoms with E-state index in [0.717, 1.165) is 5.56 Å². The Morgan fingerprint density at radius 1 is 1.50 bits per heavy atom. The minimum atomic E-state index is -2.47. The molecule has 0 spiro atoms. The first-order valence-corrected chi connectivity index (χ1v) is 5.13. The summed E-state index contributed by atoms with van der Waals surface area (Å²) in [7, 11) is 0. The second-order valence-electron chi connectivity index (χ2n) is 4.00. The molecule has 0 aromatic heterocycles. The summed E-state index contributed by atoms with van der Waals surface area (Å²) in [6.45, 7) is 1.91. The van der Waals surface area contributed by atoms with Gasteiger partial charge in [0, 0.05) is 6.42 Å². The van der Waals surface area contributed by atoms with Crippen LogP contribution in [0.5, 0.6) is 5.75 Å². The zero-order valence-corrected chi connectivity index (χ0v) is 8.87. The summed E-state index contributed by atoms with van der Waals surface area (Å²) in [5.41, 5.74) is 1.35. The molecule has 4 heteroatoms. The van der Waals surface area contributed by atoms with Gasteiger partial charge in [-0.2, -0.15) is 0 Å². The van der Waals surface area contributed by atoms with Crippen molar-refractivity contribution in [3.05, 3.63) is 29.3 Å². The van der Waals surface area contributed by atoms with E-state index in [1.807, 2.05) is 13.0 Å². The minimum absolute atomic E-state index is 0.0548. The molecule has 1 aliphatic heterocycles. The predicted octanol–water partition coefficient (Wildman–Crippen LogP) is 2.84. The highest BCUT2D eigenvalue weighted by molar-refractivity contribution is 6.01. The van der Waals surface area contributed by atoms with E-state index >= 15 is 0 Å². The number of Topliss-reactive ketones (excluding diaryl/α,β-unsaturated/α-hetero) is 1. The summed E-state index contributed by atoms with van der Waals surface area (Å²) < 4.78 is 29.8. The van der Waals surface area contributed by atoms with Crippen molar-refractivity contribution in [2.75, 3.05) is 6.61 Å². The van der Waals surface area contributed by atoms with Gasteiger partial charge in [0.2, 0.25) is 6.43 Å². The smallest absolute Gasteiger partial charge is 0.239 e. The number of carbonyl (C=O) groups is 1. The quantitative estimate of drug-likeness (QED) is 0.775. The number of aryl methyl sites for hydroxylation is 1. The molecule has 0 saturated carbocycles. The van der Waals surface area contributed by atoms with Crippen LogP contribution in [0.1, 0.15) is 22.3 Å². The van der Waals surface area contributed by atoms with E-state index < -0.39 is 18.8 Å². The maximum atomic E-state index is 12.2. The normalized spacial score (nSPS) is 19.5. The van der Waals surface area contributed by atoms with Crippen LogP contribution in [-0.4, -0.2) is 18.8 Å². The lowest BCUT2D eigenvalue weighted by Gasteiger charge is -2.24. The molecule has 0 amide bonds. The number of ether oxygens (including phenoxy) is 1. The maximum absolute atomic E-state index is 12.2. The Labute approximate surface area is 92.2 Å². The zero-order chi connectivity index (χ0) is 11.7. The molecule has 86 valence electrons. The summed E-state index contributed by atoms with van der Waals surface area (Å²) in [6, 6.07) is 5.23. The van der Waals surface area contributed by atoms with Crippen LogP contribution < -0.4 is 4.74 Å². The molecule has 1 atom stereocenters. The van der Waals surface area contributed by atoms with Crippen molar-refractivity contribution < 1.29 is 18.3 Å². The third-order valence-electron chi connectivity index (χ3n) is 2.67. The molecule has 0 saturated heterocycles. The number of hydrogen-bond acceptors (Lipinski definition) is 2. The molecule has 2 nitrogen and oxygen atoms in total. The summed E-state index contributed by atoms with van der Waals surface area (Å²) in [4.78, 5) is 11.9. The number of rotatable bonds is 2. The molecule has 1 heterocycles. The zero-order valence-electron chi connectivity index (χ0n) is 8.87. The first-order chi connectivity index (χ1) is 7.58. The number of ketones is 1. The molecule has 16 heavy (non-hydrogen) atoms. The molecule has 1 unspecified atom stereocenters. The molecular weight excluding hydrogens is 214 g/mol. The Morgan fingerprint density at radius 2 is 2.25 bits per heavy atom. The Kier molecular flexibility index (Phi) is 2.90. The molecule has 0 aliphatic carbocycles. The van der Waals surface area contributed by atoms with Gasteiger partial charge < -0.3 is 4.74 Å². The lowest BCUT2D eigenvalue weighted by molar-refractivity contribution is 0.0639. The van der Waals surface area contributed by atoms with Gasteiger partial charge in [0.05, 0.1) is 18.1 Å². The van der Waals surface area contributed by atoms with Gasteiger partial charge >= 0.3 is 0 Å². The molecule has 0 bridgehead atoms. The second kappa shape index (κ2) is 4.20. The summed E-state index contributed by atoms with van der Waals surface area (Å²) in [6.07, 6.45) is -2.89.